The Morgan fingerprint density at radius 3 is 1.85 bits per heavy atom. The topological polar surface area (TPSA) is 55.8 Å². The summed E-state index contributed by atoms with van der Waals surface area (Å²) in [6.45, 7) is 6.50. The summed E-state index contributed by atoms with van der Waals surface area (Å²) < 4.78 is 10.9. The Hall–Kier alpha value is -1.65. The van der Waals surface area contributed by atoms with E-state index < -0.39 is 5.97 Å². The Labute approximate surface area is 237 Å². The van der Waals surface area contributed by atoms with E-state index in [2.05, 4.69) is 37.8 Å². The first-order valence-electron chi connectivity index (χ1n) is 16.1. The summed E-state index contributed by atoms with van der Waals surface area (Å²) in [4.78, 5) is 12.0. The fourth-order valence-electron chi connectivity index (χ4n) is 8.13. The van der Waals surface area contributed by atoms with Gasteiger partial charge in [-0.1, -0.05) is 50.6 Å². The van der Waals surface area contributed by atoms with Crippen LogP contribution in [0.25, 0.3) is 0 Å². The van der Waals surface area contributed by atoms with Gasteiger partial charge < -0.3 is 14.6 Å². The molecular formula is C35H54O4. The molecule has 39 heavy (non-hydrogen) atoms. The second-order valence-electron chi connectivity index (χ2n) is 13.0. The summed E-state index contributed by atoms with van der Waals surface area (Å²) >= 11 is 0. The van der Waals surface area contributed by atoms with Crippen LogP contribution in [0.15, 0.2) is 36.4 Å². The third-order valence-electron chi connectivity index (χ3n) is 10.6. The van der Waals surface area contributed by atoms with Crippen LogP contribution in [0.4, 0.5) is 0 Å². The molecule has 4 heteroatoms. The van der Waals surface area contributed by atoms with Crippen molar-refractivity contribution in [2.24, 2.45) is 29.6 Å². The molecule has 218 valence electrons. The lowest BCUT2D eigenvalue weighted by molar-refractivity contribution is -0.142. The smallest absolute Gasteiger partial charge is 0.335 e. The van der Waals surface area contributed by atoms with E-state index in [-0.39, 0.29) is 18.1 Å². The molecule has 3 saturated carbocycles. The van der Waals surface area contributed by atoms with Crippen molar-refractivity contribution in [2.45, 2.75) is 109 Å². The molecule has 3 aliphatic rings. The van der Waals surface area contributed by atoms with Crippen molar-refractivity contribution in [3.8, 4) is 0 Å². The first-order valence-corrected chi connectivity index (χ1v) is 16.1. The van der Waals surface area contributed by atoms with E-state index in [1.165, 1.54) is 89.9 Å². The predicted octanol–water partition coefficient (Wildman–Crippen LogP) is 8.20. The van der Waals surface area contributed by atoms with Crippen molar-refractivity contribution < 1.29 is 19.4 Å². The van der Waals surface area contributed by atoms with Crippen LogP contribution in [0.3, 0.4) is 0 Å². The molecule has 0 saturated heterocycles. The van der Waals surface area contributed by atoms with Crippen molar-refractivity contribution in [3.63, 3.8) is 0 Å². The number of ether oxygens (including phenoxy) is 2. The Morgan fingerprint density at radius 2 is 1.36 bits per heavy atom. The van der Waals surface area contributed by atoms with Crippen molar-refractivity contribution in [1.82, 2.24) is 0 Å². The number of aliphatic hydroxyl groups excluding tert-OH is 1. The Kier molecular flexibility index (Phi) is 12.0. The van der Waals surface area contributed by atoms with Gasteiger partial charge in [0.05, 0.1) is 25.4 Å². The maximum absolute atomic E-state index is 12.0. The molecule has 3 fully saturated rings. The maximum atomic E-state index is 12.0. The molecule has 4 rings (SSSR count). The van der Waals surface area contributed by atoms with E-state index in [1.54, 1.807) is 18.2 Å². The zero-order valence-electron chi connectivity index (χ0n) is 24.8. The van der Waals surface area contributed by atoms with E-state index in [0.29, 0.717) is 19.1 Å². The predicted molar refractivity (Wildman–Crippen MR) is 159 cm³/mol. The van der Waals surface area contributed by atoms with Crippen LogP contribution >= 0.6 is 0 Å². The highest BCUT2D eigenvalue weighted by Gasteiger charge is 2.34. The Morgan fingerprint density at radius 1 is 0.846 bits per heavy atom. The second-order valence-corrected chi connectivity index (χ2v) is 13.0. The zero-order chi connectivity index (χ0) is 27.6. The molecular weight excluding hydrogens is 484 g/mol. The number of methoxy groups -OCH3 is 1. The van der Waals surface area contributed by atoms with Crippen LogP contribution < -0.4 is 0 Å². The number of rotatable bonds is 12. The van der Waals surface area contributed by atoms with Gasteiger partial charge in [0.1, 0.15) is 0 Å². The number of hydrogen-bond acceptors (Lipinski definition) is 4. The van der Waals surface area contributed by atoms with Crippen LogP contribution in [-0.2, 0) is 14.3 Å². The molecule has 1 aromatic carbocycles. The molecule has 1 aromatic rings. The molecule has 1 N–H and O–H groups in total. The third-order valence-corrected chi connectivity index (χ3v) is 10.6. The Bertz CT molecular complexity index is 868. The summed E-state index contributed by atoms with van der Waals surface area (Å²) in [5, 5.41) is 9.11. The van der Waals surface area contributed by atoms with Gasteiger partial charge in [0, 0.05) is 13.0 Å². The minimum absolute atomic E-state index is 0.117. The average Bonchev–Trinajstić information content (AvgIpc) is 2.99. The van der Waals surface area contributed by atoms with E-state index in [4.69, 9.17) is 14.6 Å². The van der Waals surface area contributed by atoms with Crippen molar-refractivity contribution in [3.05, 3.63) is 47.5 Å². The Balaban J connectivity index is 1.19. The summed E-state index contributed by atoms with van der Waals surface area (Å²) in [6, 6.07) is 9.84. The molecule has 0 spiro atoms. The van der Waals surface area contributed by atoms with Crippen LogP contribution in [0.5, 0.6) is 0 Å². The third kappa shape index (κ3) is 8.43. The molecule has 0 radical (unpaired) electrons. The number of esters is 1. The molecule has 0 aromatic heterocycles. The fourth-order valence-corrected chi connectivity index (χ4v) is 8.13. The fraction of sp³-hybridized carbons (Fsp3) is 0.743. The standard InChI is InChI=1S/C35H54O4/c1-4-5-26-6-8-27(9-7-26)28-10-12-29(13-11-28)30-14-16-31(17-15-30)32-18-20-33(21-19-32)34(23-38-3)24-39-35(37)25(2)22-36/h10-13,26-27,30-34,36H,2,4-9,14-24H2,1,3H3. The lowest BCUT2D eigenvalue weighted by Gasteiger charge is -2.39. The normalized spacial score (nSPS) is 30.4. The van der Waals surface area contributed by atoms with E-state index >= 15 is 0 Å². The molecule has 0 aliphatic heterocycles. The van der Waals surface area contributed by atoms with Gasteiger partial charge in [-0.25, -0.2) is 4.79 Å². The monoisotopic (exact) mass is 538 g/mol. The number of carbonyl (C=O) groups is 1. The van der Waals surface area contributed by atoms with Crippen molar-refractivity contribution >= 4 is 5.97 Å². The van der Waals surface area contributed by atoms with Crippen LogP contribution in [0, 0.1) is 29.6 Å². The summed E-state index contributed by atoms with van der Waals surface area (Å²) in [6.07, 6.45) is 18.7. The van der Waals surface area contributed by atoms with Gasteiger partial charge in [0.25, 0.3) is 0 Å². The minimum Gasteiger partial charge on any atom is -0.462 e. The SMILES string of the molecule is C=C(CO)C(=O)OCC(COC)C1CCC(C2CCC(c3ccc(C4CCC(CCC)CC4)cc3)CC2)CC1. The number of hydrogen-bond donors (Lipinski definition) is 1. The quantitative estimate of drug-likeness (QED) is 0.215. The number of benzene rings is 1. The first kappa shape index (κ1) is 30.3. The summed E-state index contributed by atoms with van der Waals surface area (Å²) in [7, 11) is 1.72. The molecule has 0 bridgehead atoms. The average molecular weight is 539 g/mol. The van der Waals surface area contributed by atoms with Crippen molar-refractivity contribution in [1.29, 1.82) is 0 Å². The first-order chi connectivity index (χ1) is 19.0. The minimum atomic E-state index is -0.492. The van der Waals surface area contributed by atoms with Crippen LogP contribution in [0.2, 0.25) is 0 Å². The maximum Gasteiger partial charge on any atom is 0.335 e. The largest absolute Gasteiger partial charge is 0.462 e. The lowest BCUT2D eigenvalue weighted by atomic mass is 9.67. The zero-order valence-corrected chi connectivity index (χ0v) is 24.8. The molecule has 0 amide bonds. The molecule has 1 unspecified atom stereocenters. The molecule has 1 atom stereocenters. The van der Waals surface area contributed by atoms with Gasteiger partial charge in [-0.2, -0.15) is 0 Å². The number of carbonyl (C=O) groups excluding carboxylic acids is 1. The molecule has 3 aliphatic carbocycles. The van der Waals surface area contributed by atoms with Gasteiger partial charge in [0.2, 0.25) is 0 Å². The van der Waals surface area contributed by atoms with Crippen LogP contribution in [0.1, 0.15) is 120 Å². The summed E-state index contributed by atoms with van der Waals surface area (Å²) in [5.74, 6) is 4.47. The van der Waals surface area contributed by atoms with Gasteiger partial charge in [-0.05, 0) is 124 Å². The highest BCUT2D eigenvalue weighted by molar-refractivity contribution is 5.87. The van der Waals surface area contributed by atoms with Gasteiger partial charge in [-0.15, -0.1) is 0 Å². The second kappa shape index (κ2) is 15.4. The highest BCUT2D eigenvalue weighted by Crippen LogP contribution is 2.45. The van der Waals surface area contributed by atoms with E-state index in [0.717, 1.165) is 29.6 Å². The van der Waals surface area contributed by atoms with Gasteiger partial charge >= 0.3 is 5.97 Å². The highest BCUT2D eigenvalue weighted by atomic mass is 16.5. The van der Waals surface area contributed by atoms with Gasteiger partial charge in [0.15, 0.2) is 0 Å². The van der Waals surface area contributed by atoms with Crippen molar-refractivity contribution in [2.75, 3.05) is 26.9 Å². The van der Waals surface area contributed by atoms with Gasteiger partial charge in [-0.3, -0.25) is 0 Å². The summed E-state index contributed by atoms with van der Waals surface area (Å²) in [5.41, 5.74) is 3.27. The van der Waals surface area contributed by atoms with Crippen LogP contribution in [-0.4, -0.2) is 38.0 Å². The number of aliphatic hydroxyl groups is 1. The molecule has 4 nitrogen and oxygen atoms in total. The van der Waals surface area contributed by atoms with E-state index in [1.807, 2.05) is 0 Å². The van der Waals surface area contributed by atoms with E-state index in [9.17, 15) is 4.79 Å². The lowest BCUT2D eigenvalue weighted by Crippen LogP contribution is -2.32. The molecule has 0 heterocycles.